The average molecular weight is 180 g/mol. The van der Waals surface area contributed by atoms with Gasteiger partial charge in [-0.1, -0.05) is 0 Å². The zero-order valence-corrected chi connectivity index (χ0v) is 9.89. The van der Waals surface area contributed by atoms with Gasteiger partial charge in [-0.15, -0.1) is 0 Å². The number of hydrogen-bond donors (Lipinski definition) is 1. The van der Waals surface area contributed by atoms with E-state index in [-0.39, 0.29) is 54.0 Å². The van der Waals surface area contributed by atoms with Crippen LogP contribution >= 0.6 is 0 Å². The van der Waals surface area contributed by atoms with Gasteiger partial charge in [0.15, 0.2) is 0 Å². The SMILES string of the molecule is C[N+](C)(C)CCO.[Cl-].[Na+].[OH-]. The molecule has 5 heteroatoms. The normalized spacial score (nSPS) is 8.40. The van der Waals surface area contributed by atoms with Gasteiger partial charge in [-0.25, -0.2) is 0 Å². The predicted molar refractivity (Wildman–Crippen MR) is 31.9 cm³/mol. The topological polar surface area (TPSA) is 50.2 Å². The maximum absolute atomic E-state index is 8.39. The average Bonchev–Trinajstić information content (AvgIpc) is 1.30. The molecule has 0 aliphatic carbocycles. The standard InChI is InChI=1S/C5H14NO.ClH.Na.H2O/c1-6(2,3)4-5-7;;;/h7H,4-5H2,1-3H3;1H;;1H2/q+1;;+1;/p-2. The Kier molecular flexibility index (Phi) is 22.9. The molecule has 0 aromatic heterocycles. The van der Waals surface area contributed by atoms with Gasteiger partial charge in [0.05, 0.1) is 27.7 Å². The first kappa shape index (κ1) is 22.5. The van der Waals surface area contributed by atoms with Crippen molar-refractivity contribution in [1.29, 1.82) is 0 Å². The molecular formula is C5H15ClNNaO2. The van der Waals surface area contributed by atoms with Crippen molar-refractivity contribution in [3.63, 3.8) is 0 Å². The first-order chi connectivity index (χ1) is 3.06. The summed E-state index contributed by atoms with van der Waals surface area (Å²) in [5.41, 5.74) is 0. The van der Waals surface area contributed by atoms with Crippen LogP contribution in [-0.2, 0) is 0 Å². The summed E-state index contributed by atoms with van der Waals surface area (Å²) in [7, 11) is 6.16. The third-order valence-electron chi connectivity index (χ3n) is 0.771. The summed E-state index contributed by atoms with van der Waals surface area (Å²) >= 11 is 0. The second-order valence-corrected chi connectivity index (χ2v) is 2.74. The largest absolute Gasteiger partial charge is 1.00 e. The zero-order valence-electron chi connectivity index (χ0n) is 7.13. The molecule has 0 aliphatic heterocycles. The summed E-state index contributed by atoms with van der Waals surface area (Å²) in [6, 6.07) is 0. The van der Waals surface area contributed by atoms with E-state index in [4.69, 9.17) is 5.11 Å². The molecule has 3 nitrogen and oxygen atoms in total. The molecule has 2 N–H and O–H groups in total. The van der Waals surface area contributed by atoms with Gasteiger partial charge in [-0.3, -0.25) is 0 Å². The Labute approximate surface area is 91.0 Å². The van der Waals surface area contributed by atoms with Crippen LogP contribution in [0.3, 0.4) is 0 Å². The quantitative estimate of drug-likeness (QED) is 0.339. The summed E-state index contributed by atoms with van der Waals surface area (Å²) in [5, 5.41) is 8.39. The molecule has 0 aromatic rings. The molecule has 0 fully saturated rings. The van der Waals surface area contributed by atoms with Gasteiger partial charge in [0, 0.05) is 0 Å². The fourth-order valence-electron chi connectivity index (χ4n) is 0.300. The molecule has 0 bridgehead atoms. The van der Waals surface area contributed by atoms with E-state index in [9.17, 15) is 0 Å². The summed E-state index contributed by atoms with van der Waals surface area (Å²) in [4.78, 5) is 0. The van der Waals surface area contributed by atoms with Crippen molar-refractivity contribution in [3.8, 4) is 0 Å². The Morgan fingerprint density at radius 2 is 1.50 bits per heavy atom. The third kappa shape index (κ3) is 22.9. The molecule has 0 spiro atoms. The van der Waals surface area contributed by atoms with E-state index >= 15 is 0 Å². The van der Waals surface area contributed by atoms with Crippen molar-refractivity contribution in [2.24, 2.45) is 0 Å². The third-order valence-corrected chi connectivity index (χ3v) is 0.771. The Balaban J connectivity index is -0.0000000600. The van der Waals surface area contributed by atoms with Crippen LogP contribution in [0.15, 0.2) is 0 Å². The smallest absolute Gasteiger partial charge is 1.00 e. The van der Waals surface area contributed by atoms with Gasteiger partial charge in [0.2, 0.25) is 0 Å². The van der Waals surface area contributed by atoms with E-state index in [0.29, 0.717) is 0 Å². The Morgan fingerprint density at radius 3 is 1.50 bits per heavy atom. The van der Waals surface area contributed by atoms with Gasteiger partial charge in [0.1, 0.15) is 6.54 Å². The van der Waals surface area contributed by atoms with E-state index in [1.807, 2.05) is 0 Å². The number of aliphatic hydroxyl groups excluding tert-OH is 1. The van der Waals surface area contributed by atoms with Crippen molar-refractivity contribution in [2.45, 2.75) is 0 Å². The first-order valence-corrected chi connectivity index (χ1v) is 2.47. The van der Waals surface area contributed by atoms with E-state index in [2.05, 4.69) is 21.1 Å². The molecule has 0 saturated heterocycles. The maximum atomic E-state index is 8.39. The molecule has 0 aromatic carbocycles. The fraction of sp³-hybridized carbons (Fsp3) is 1.00. The van der Waals surface area contributed by atoms with E-state index in [0.717, 1.165) is 11.0 Å². The molecule has 0 saturated carbocycles. The van der Waals surface area contributed by atoms with Gasteiger partial charge in [-0.05, 0) is 0 Å². The second kappa shape index (κ2) is 10.2. The molecule has 0 heterocycles. The zero-order chi connectivity index (χ0) is 5.91. The molecule has 0 atom stereocenters. The Hall–Kier alpha value is 1.17. The molecule has 10 heavy (non-hydrogen) atoms. The molecular weight excluding hydrogens is 165 g/mol. The molecule has 0 aliphatic rings. The minimum Gasteiger partial charge on any atom is -1.00 e. The second-order valence-electron chi connectivity index (χ2n) is 2.74. The Morgan fingerprint density at radius 1 is 1.20 bits per heavy atom. The van der Waals surface area contributed by atoms with Crippen molar-refractivity contribution in [1.82, 2.24) is 0 Å². The molecule has 0 radical (unpaired) electrons. The van der Waals surface area contributed by atoms with Gasteiger partial charge in [0.25, 0.3) is 0 Å². The van der Waals surface area contributed by atoms with Gasteiger partial charge in [-0.2, -0.15) is 0 Å². The van der Waals surface area contributed by atoms with Crippen LogP contribution < -0.4 is 42.0 Å². The van der Waals surface area contributed by atoms with E-state index < -0.39 is 0 Å². The Bertz CT molecular complexity index is 58.1. The minimum atomic E-state index is 0. The van der Waals surface area contributed by atoms with E-state index in [1.54, 1.807) is 0 Å². The summed E-state index contributed by atoms with van der Waals surface area (Å²) in [6.45, 7) is 1.11. The van der Waals surface area contributed by atoms with Crippen molar-refractivity contribution >= 4 is 0 Å². The van der Waals surface area contributed by atoms with Crippen molar-refractivity contribution in [2.75, 3.05) is 34.3 Å². The number of aliphatic hydroxyl groups is 1. The number of hydrogen-bond acceptors (Lipinski definition) is 2. The summed E-state index contributed by atoms with van der Waals surface area (Å²) in [5.74, 6) is 0. The number of halogens is 1. The number of rotatable bonds is 2. The summed E-state index contributed by atoms with van der Waals surface area (Å²) < 4.78 is 0.844. The number of quaternary nitrogens is 1. The molecule has 0 rings (SSSR count). The van der Waals surface area contributed by atoms with Crippen LogP contribution in [0.25, 0.3) is 0 Å². The predicted octanol–water partition coefficient (Wildman–Crippen LogP) is -6.48. The van der Waals surface area contributed by atoms with Crippen molar-refractivity contribution in [3.05, 3.63) is 0 Å². The van der Waals surface area contributed by atoms with Crippen LogP contribution in [0.2, 0.25) is 0 Å². The number of nitrogens with zero attached hydrogens (tertiary/aromatic N) is 1. The van der Waals surface area contributed by atoms with Crippen LogP contribution in [0.5, 0.6) is 0 Å². The molecule has 0 unspecified atom stereocenters. The monoisotopic (exact) mass is 179 g/mol. The van der Waals surface area contributed by atoms with Crippen LogP contribution in [0.4, 0.5) is 0 Å². The first-order valence-electron chi connectivity index (χ1n) is 2.47. The molecule has 0 amide bonds. The number of likely N-dealkylation sites (N-methyl/N-ethyl adjacent to an activating group) is 1. The van der Waals surface area contributed by atoms with Crippen LogP contribution in [0, 0.1) is 0 Å². The van der Waals surface area contributed by atoms with Gasteiger partial charge < -0.3 is 27.5 Å². The van der Waals surface area contributed by atoms with E-state index in [1.165, 1.54) is 0 Å². The summed E-state index contributed by atoms with van der Waals surface area (Å²) in [6.07, 6.45) is 0. The molecule has 60 valence electrons. The van der Waals surface area contributed by atoms with Crippen molar-refractivity contribution < 1.29 is 57.0 Å². The van der Waals surface area contributed by atoms with Gasteiger partial charge >= 0.3 is 29.6 Å². The van der Waals surface area contributed by atoms with Crippen LogP contribution in [0.1, 0.15) is 0 Å². The minimum absolute atomic E-state index is 0. The fourth-order valence-corrected chi connectivity index (χ4v) is 0.300. The maximum Gasteiger partial charge on any atom is 1.00 e. The van der Waals surface area contributed by atoms with Crippen LogP contribution in [-0.4, -0.2) is 49.4 Å².